The van der Waals surface area contributed by atoms with Crippen molar-refractivity contribution in [3.05, 3.63) is 40.0 Å². The molecule has 0 atom stereocenters. The highest BCUT2D eigenvalue weighted by atomic mass is 35.5. The third-order valence-corrected chi connectivity index (χ3v) is 4.01. The Balaban J connectivity index is 2.12. The van der Waals surface area contributed by atoms with Gasteiger partial charge in [0.05, 0.1) is 11.1 Å². The van der Waals surface area contributed by atoms with Crippen LogP contribution in [0.3, 0.4) is 0 Å². The van der Waals surface area contributed by atoms with E-state index in [2.05, 4.69) is 15.3 Å². The van der Waals surface area contributed by atoms with Gasteiger partial charge in [0.2, 0.25) is 5.28 Å². The molecule has 6 heteroatoms. The van der Waals surface area contributed by atoms with Crippen molar-refractivity contribution in [3.8, 4) is 5.75 Å². The summed E-state index contributed by atoms with van der Waals surface area (Å²) in [6, 6.07) is 7.36. The highest BCUT2D eigenvalue weighted by Crippen LogP contribution is 2.33. The van der Waals surface area contributed by atoms with Crippen LogP contribution in [-0.2, 0) is 0 Å². The SMILES string of the molecule is Cc1ccc(O)c(Nc2nc(Cl)nc3sc(C)cc23)c1. The second-order valence-electron chi connectivity index (χ2n) is 4.56. The Morgan fingerprint density at radius 2 is 2.00 bits per heavy atom. The fourth-order valence-electron chi connectivity index (χ4n) is 1.99. The fourth-order valence-corrected chi connectivity index (χ4v) is 3.09. The molecule has 102 valence electrons. The first-order valence-electron chi connectivity index (χ1n) is 6.03. The van der Waals surface area contributed by atoms with Crippen molar-refractivity contribution in [1.29, 1.82) is 0 Å². The van der Waals surface area contributed by atoms with Gasteiger partial charge in [-0.25, -0.2) is 4.98 Å². The third-order valence-electron chi connectivity index (χ3n) is 2.89. The normalized spacial score (nSPS) is 10.9. The van der Waals surface area contributed by atoms with Crippen molar-refractivity contribution in [2.75, 3.05) is 5.32 Å². The number of aryl methyl sites for hydroxylation is 2. The number of fused-ring (bicyclic) bond motifs is 1. The van der Waals surface area contributed by atoms with Crippen molar-refractivity contribution in [2.24, 2.45) is 0 Å². The summed E-state index contributed by atoms with van der Waals surface area (Å²) in [5.41, 5.74) is 1.65. The first-order valence-corrected chi connectivity index (χ1v) is 7.23. The van der Waals surface area contributed by atoms with Gasteiger partial charge in [-0.2, -0.15) is 4.98 Å². The second kappa shape index (κ2) is 4.92. The number of halogens is 1. The molecule has 0 bridgehead atoms. The Kier molecular flexibility index (Phi) is 3.23. The van der Waals surface area contributed by atoms with Crippen LogP contribution in [0.5, 0.6) is 5.75 Å². The van der Waals surface area contributed by atoms with E-state index in [4.69, 9.17) is 11.6 Å². The monoisotopic (exact) mass is 305 g/mol. The van der Waals surface area contributed by atoms with E-state index in [1.165, 1.54) is 0 Å². The molecule has 0 saturated carbocycles. The number of rotatable bonds is 2. The Hall–Kier alpha value is -1.85. The topological polar surface area (TPSA) is 58.0 Å². The van der Waals surface area contributed by atoms with Gasteiger partial charge in [-0.05, 0) is 49.2 Å². The van der Waals surface area contributed by atoms with E-state index in [0.717, 1.165) is 20.7 Å². The van der Waals surface area contributed by atoms with Gasteiger partial charge in [-0.1, -0.05) is 6.07 Å². The van der Waals surface area contributed by atoms with Crippen molar-refractivity contribution in [1.82, 2.24) is 9.97 Å². The Bertz CT molecular complexity index is 800. The average molecular weight is 306 g/mol. The summed E-state index contributed by atoms with van der Waals surface area (Å²) in [7, 11) is 0. The molecule has 2 heterocycles. The second-order valence-corrected chi connectivity index (χ2v) is 6.14. The number of anilines is 2. The predicted octanol–water partition coefficient (Wildman–Crippen LogP) is 4.41. The zero-order chi connectivity index (χ0) is 14.3. The van der Waals surface area contributed by atoms with Crippen LogP contribution in [0.15, 0.2) is 24.3 Å². The van der Waals surface area contributed by atoms with Crippen molar-refractivity contribution >= 4 is 44.7 Å². The molecule has 4 nitrogen and oxygen atoms in total. The summed E-state index contributed by atoms with van der Waals surface area (Å²) >= 11 is 7.51. The lowest BCUT2D eigenvalue weighted by atomic mass is 10.2. The zero-order valence-electron chi connectivity index (χ0n) is 10.9. The minimum absolute atomic E-state index is 0.172. The maximum Gasteiger partial charge on any atom is 0.225 e. The maximum atomic E-state index is 9.91. The van der Waals surface area contributed by atoms with Gasteiger partial charge in [0.1, 0.15) is 16.4 Å². The summed E-state index contributed by atoms with van der Waals surface area (Å²) in [4.78, 5) is 10.4. The Morgan fingerprint density at radius 3 is 2.80 bits per heavy atom. The van der Waals surface area contributed by atoms with Crippen molar-refractivity contribution in [2.45, 2.75) is 13.8 Å². The third kappa shape index (κ3) is 2.42. The van der Waals surface area contributed by atoms with E-state index >= 15 is 0 Å². The smallest absolute Gasteiger partial charge is 0.225 e. The molecule has 3 rings (SSSR count). The van der Waals surface area contributed by atoms with E-state index in [9.17, 15) is 5.11 Å². The van der Waals surface area contributed by atoms with Gasteiger partial charge in [0.25, 0.3) is 0 Å². The summed E-state index contributed by atoms with van der Waals surface area (Å²) in [6.45, 7) is 3.97. The molecule has 0 aliphatic rings. The molecular formula is C14H12ClN3OS. The fraction of sp³-hybridized carbons (Fsp3) is 0.143. The minimum atomic E-state index is 0.172. The number of hydrogen-bond donors (Lipinski definition) is 2. The molecule has 0 aliphatic heterocycles. The molecule has 2 N–H and O–H groups in total. The number of hydrogen-bond acceptors (Lipinski definition) is 5. The van der Waals surface area contributed by atoms with Gasteiger partial charge in [0, 0.05) is 4.88 Å². The highest BCUT2D eigenvalue weighted by Gasteiger charge is 2.11. The molecule has 2 aromatic heterocycles. The number of thiophene rings is 1. The number of phenols is 1. The predicted molar refractivity (Wildman–Crippen MR) is 83.3 cm³/mol. The van der Waals surface area contributed by atoms with E-state index in [1.54, 1.807) is 17.4 Å². The lowest BCUT2D eigenvalue weighted by Crippen LogP contribution is -1.96. The Morgan fingerprint density at radius 1 is 1.20 bits per heavy atom. The standard InChI is InChI=1S/C14H12ClN3OS/c1-7-3-4-11(19)10(5-7)16-12-9-6-8(2)20-13(9)18-14(15)17-12/h3-6,19H,1-2H3,(H,16,17,18). The maximum absolute atomic E-state index is 9.91. The number of aromatic hydroxyl groups is 1. The summed E-state index contributed by atoms with van der Waals surface area (Å²) in [5.74, 6) is 0.774. The molecule has 20 heavy (non-hydrogen) atoms. The zero-order valence-corrected chi connectivity index (χ0v) is 12.5. The Labute approximate surface area is 125 Å². The minimum Gasteiger partial charge on any atom is -0.506 e. The molecule has 0 saturated heterocycles. The first kappa shape index (κ1) is 13.1. The number of phenolic OH excluding ortho intramolecular Hbond substituents is 1. The van der Waals surface area contributed by atoms with Crippen LogP contribution in [0.4, 0.5) is 11.5 Å². The number of benzene rings is 1. The van der Waals surface area contributed by atoms with E-state index in [-0.39, 0.29) is 11.0 Å². The van der Waals surface area contributed by atoms with E-state index < -0.39 is 0 Å². The average Bonchev–Trinajstić information content (AvgIpc) is 2.74. The highest BCUT2D eigenvalue weighted by molar-refractivity contribution is 7.18. The van der Waals surface area contributed by atoms with Gasteiger partial charge in [-0.15, -0.1) is 11.3 Å². The summed E-state index contributed by atoms with van der Waals surface area (Å²) < 4.78 is 0. The van der Waals surface area contributed by atoms with E-state index in [0.29, 0.717) is 11.5 Å². The van der Waals surface area contributed by atoms with Crippen LogP contribution in [0, 0.1) is 13.8 Å². The van der Waals surface area contributed by atoms with Crippen LogP contribution >= 0.6 is 22.9 Å². The van der Waals surface area contributed by atoms with Gasteiger partial charge in [-0.3, -0.25) is 0 Å². The van der Waals surface area contributed by atoms with Gasteiger partial charge < -0.3 is 10.4 Å². The largest absolute Gasteiger partial charge is 0.506 e. The molecular weight excluding hydrogens is 294 g/mol. The van der Waals surface area contributed by atoms with Crippen molar-refractivity contribution in [3.63, 3.8) is 0 Å². The van der Waals surface area contributed by atoms with Crippen molar-refractivity contribution < 1.29 is 5.11 Å². The van der Waals surface area contributed by atoms with Crippen LogP contribution in [0.2, 0.25) is 5.28 Å². The van der Waals surface area contributed by atoms with E-state index in [1.807, 2.05) is 32.0 Å². The van der Waals surface area contributed by atoms with Gasteiger partial charge in [0.15, 0.2) is 0 Å². The first-order chi connectivity index (χ1) is 9.52. The van der Waals surface area contributed by atoms with Gasteiger partial charge >= 0.3 is 0 Å². The summed E-state index contributed by atoms with van der Waals surface area (Å²) in [6.07, 6.45) is 0. The lowest BCUT2D eigenvalue weighted by Gasteiger charge is -2.09. The number of nitrogens with one attached hydrogen (secondary N) is 1. The molecule has 0 aliphatic carbocycles. The quantitative estimate of drug-likeness (QED) is 0.544. The van der Waals surface area contributed by atoms with Crippen LogP contribution < -0.4 is 5.32 Å². The van der Waals surface area contributed by atoms with Crippen LogP contribution in [0.1, 0.15) is 10.4 Å². The molecule has 0 spiro atoms. The van der Waals surface area contributed by atoms with Crippen LogP contribution in [-0.4, -0.2) is 15.1 Å². The molecule has 0 fully saturated rings. The van der Waals surface area contributed by atoms with Crippen LogP contribution in [0.25, 0.3) is 10.2 Å². The molecule has 0 radical (unpaired) electrons. The summed E-state index contributed by atoms with van der Waals surface area (Å²) in [5, 5.41) is 14.1. The number of nitrogens with zero attached hydrogens (tertiary/aromatic N) is 2. The number of aromatic nitrogens is 2. The molecule has 0 amide bonds. The molecule has 1 aromatic carbocycles. The lowest BCUT2D eigenvalue weighted by molar-refractivity contribution is 0.477. The molecule has 3 aromatic rings. The molecule has 0 unspecified atom stereocenters.